The Labute approximate surface area is 106 Å². The topological polar surface area (TPSA) is 77.8 Å². The number of hydrogen-bond donors (Lipinski definition) is 2. The first-order chi connectivity index (χ1) is 8.00. The number of halogens is 1. The summed E-state index contributed by atoms with van der Waals surface area (Å²) in [6, 6.07) is 4.18. The van der Waals surface area contributed by atoms with Gasteiger partial charge in [-0.2, -0.15) is 0 Å². The van der Waals surface area contributed by atoms with Gasteiger partial charge >= 0.3 is 5.97 Å². The fraction of sp³-hybridized carbons (Fsp3) is 0.273. The molecule has 1 aliphatic heterocycles. The van der Waals surface area contributed by atoms with Crippen molar-refractivity contribution < 1.29 is 19.8 Å². The van der Waals surface area contributed by atoms with Crippen molar-refractivity contribution in [3.05, 3.63) is 23.8 Å². The van der Waals surface area contributed by atoms with Gasteiger partial charge in [-0.1, -0.05) is 22.0 Å². The Balaban J connectivity index is 2.51. The van der Waals surface area contributed by atoms with Crippen molar-refractivity contribution in [3.8, 4) is 5.75 Å². The lowest BCUT2D eigenvalue weighted by Gasteiger charge is -2.19. The van der Waals surface area contributed by atoms with Gasteiger partial charge in [0.15, 0.2) is 0 Å². The standard InChI is InChI=1S/C11H10BrNO4/c12-6-4-9(15)13(5-6)10-7(11(16)17)2-1-3-8(10)14/h1-3,6,14H,4-5H2,(H,16,17). The van der Waals surface area contributed by atoms with E-state index in [1.807, 2.05) is 0 Å². The average Bonchev–Trinajstić information content (AvgIpc) is 2.57. The number of alkyl halides is 1. The molecule has 1 heterocycles. The molecule has 0 saturated carbocycles. The maximum Gasteiger partial charge on any atom is 0.337 e. The van der Waals surface area contributed by atoms with Crippen LogP contribution in [0.1, 0.15) is 16.8 Å². The van der Waals surface area contributed by atoms with Crippen LogP contribution in [0, 0.1) is 0 Å². The van der Waals surface area contributed by atoms with Crippen LogP contribution in [-0.2, 0) is 4.79 Å². The van der Waals surface area contributed by atoms with Crippen LogP contribution in [0.15, 0.2) is 18.2 Å². The average molecular weight is 300 g/mol. The van der Waals surface area contributed by atoms with E-state index in [4.69, 9.17) is 5.11 Å². The maximum absolute atomic E-state index is 11.7. The molecule has 0 bridgehead atoms. The Morgan fingerprint density at radius 1 is 1.47 bits per heavy atom. The summed E-state index contributed by atoms with van der Waals surface area (Å²) in [4.78, 5) is 24.0. The highest BCUT2D eigenvalue weighted by atomic mass is 79.9. The summed E-state index contributed by atoms with van der Waals surface area (Å²) in [5, 5.41) is 18.8. The van der Waals surface area contributed by atoms with Crippen LogP contribution >= 0.6 is 15.9 Å². The molecular formula is C11H10BrNO4. The van der Waals surface area contributed by atoms with E-state index in [1.165, 1.54) is 23.1 Å². The number of aromatic carboxylic acids is 1. The molecule has 2 rings (SSSR count). The van der Waals surface area contributed by atoms with Crippen molar-refractivity contribution in [2.75, 3.05) is 11.4 Å². The molecule has 6 heteroatoms. The van der Waals surface area contributed by atoms with Gasteiger partial charge in [0.1, 0.15) is 11.4 Å². The summed E-state index contributed by atoms with van der Waals surface area (Å²) in [7, 11) is 0. The molecule has 0 spiro atoms. The lowest BCUT2D eigenvalue weighted by molar-refractivity contribution is -0.117. The van der Waals surface area contributed by atoms with E-state index < -0.39 is 5.97 Å². The Morgan fingerprint density at radius 2 is 2.18 bits per heavy atom. The van der Waals surface area contributed by atoms with Crippen LogP contribution in [-0.4, -0.2) is 33.5 Å². The van der Waals surface area contributed by atoms with Crippen molar-refractivity contribution in [2.24, 2.45) is 0 Å². The minimum atomic E-state index is -1.17. The molecule has 1 amide bonds. The molecule has 5 nitrogen and oxygen atoms in total. The minimum absolute atomic E-state index is 0.0174. The number of para-hydroxylation sites is 1. The predicted octanol–water partition coefficient (Wildman–Crippen LogP) is 1.59. The molecule has 1 atom stereocenters. The van der Waals surface area contributed by atoms with Crippen LogP contribution in [0.25, 0.3) is 0 Å². The lowest BCUT2D eigenvalue weighted by Crippen LogP contribution is -2.26. The Morgan fingerprint density at radius 3 is 2.71 bits per heavy atom. The fourth-order valence-electron chi connectivity index (χ4n) is 1.87. The number of carbonyl (C=O) groups is 2. The highest BCUT2D eigenvalue weighted by molar-refractivity contribution is 9.09. The normalized spacial score (nSPS) is 19.7. The van der Waals surface area contributed by atoms with Crippen LogP contribution < -0.4 is 4.90 Å². The van der Waals surface area contributed by atoms with Crippen LogP contribution in [0.3, 0.4) is 0 Å². The van der Waals surface area contributed by atoms with E-state index in [2.05, 4.69) is 15.9 Å². The third-order valence-corrected chi connectivity index (χ3v) is 3.21. The molecule has 2 N–H and O–H groups in total. The highest BCUT2D eigenvalue weighted by Crippen LogP contribution is 2.35. The molecule has 0 aliphatic carbocycles. The molecule has 90 valence electrons. The summed E-state index contributed by atoms with van der Waals surface area (Å²) >= 11 is 3.31. The van der Waals surface area contributed by atoms with Crippen LogP contribution in [0.2, 0.25) is 0 Å². The van der Waals surface area contributed by atoms with E-state index in [-0.39, 0.29) is 27.7 Å². The molecular weight excluding hydrogens is 290 g/mol. The largest absolute Gasteiger partial charge is 0.506 e. The van der Waals surface area contributed by atoms with E-state index in [0.29, 0.717) is 13.0 Å². The number of nitrogens with zero attached hydrogens (tertiary/aromatic N) is 1. The van der Waals surface area contributed by atoms with Crippen molar-refractivity contribution in [1.82, 2.24) is 0 Å². The molecule has 1 aliphatic rings. The first-order valence-corrected chi connectivity index (χ1v) is 5.92. The molecule has 1 unspecified atom stereocenters. The van der Waals surface area contributed by atoms with Crippen LogP contribution in [0.4, 0.5) is 5.69 Å². The Hall–Kier alpha value is -1.56. The zero-order chi connectivity index (χ0) is 12.6. The number of benzene rings is 1. The fourth-order valence-corrected chi connectivity index (χ4v) is 2.43. The van der Waals surface area contributed by atoms with Gasteiger partial charge in [-0.25, -0.2) is 4.79 Å². The monoisotopic (exact) mass is 299 g/mol. The first-order valence-electron chi connectivity index (χ1n) is 5.00. The second-order valence-electron chi connectivity index (χ2n) is 3.78. The Bertz CT molecular complexity index is 488. The number of carbonyl (C=O) groups excluding carboxylic acids is 1. The Kier molecular flexibility index (Phi) is 3.06. The SMILES string of the molecule is O=C(O)c1cccc(O)c1N1CC(Br)CC1=O. The van der Waals surface area contributed by atoms with E-state index in [9.17, 15) is 14.7 Å². The summed E-state index contributed by atoms with van der Waals surface area (Å²) in [6.45, 7) is 0.358. The molecule has 0 radical (unpaired) electrons. The zero-order valence-electron chi connectivity index (χ0n) is 8.76. The first kappa shape index (κ1) is 11.9. The van der Waals surface area contributed by atoms with Crippen molar-refractivity contribution in [2.45, 2.75) is 11.2 Å². The molecule has 17 heavy (non-hydrogen) atoms. The number of aromatic hydroxyl groups is 1. The number of phenols is 1. The molecule has 1 saturated heterocycles. The van der Waals surface area contributed by atoms with E-state index >= 15 is 0 Å². The van der Waals surface area contributed by atoms with Crippen molar-refractivity contribution in [1.29, 1.82) is 0 Å². The van der Waals surface area contributed by atoms with E-state index in [1.54, 1.807) is 0 Å². The summed E-state index contributed by atoms with van der Waals surface area (Å²) in [5.41, 5.74) is 0.00639. The zero-order valence-corrected chi connectivity index (χ0v) is 10.3. The van der Waals surface area contributed by atoms with Gasteiger partial charge in [0, 0.05) is 17.8 Å². The number of carboxylic acid groups (broad SMARTS) is 1. The van der Waals surface area contributed by atoms with Gasteiger partial charge in [-0.15, -0.1) is 0 Å². The van der Waals surface area contributed by atoms with Crippen LogP contribution in [0.5, 0.6) is 5.75 Å². The number of amides is 1. The quantitative estimate of drug-likeness (QED) is 0.813. The predicted molar refractivity (Wildman–Crippen MR) is 64.8 cm³/mol. The van der Waals surface area contributed by atoms with E-state index in [0.717, 1.165) is 0 Å². The van der Waals surface area contributed by atoms with Gasteiger partial charge in [0.2, 0.25) is 5.91 Å². The number of hydrogen-bond acceptors (Lipinski definition) is 3. The third kappa shape index (κ3) is 2.12. The molecule has 0 aromatic heterocycles. The number of phenolic OH excluding ortho intramolecular Hbond substituents is 1. The van der Waals surface area contributed by atoms with Crippen molar-refractivity contribution >= 4 is 33.5 Å². The molecule has 1 fully saturated rings. The van der Waals surface area contributed by atoms with Gasteiger partial charge in [-0.3, -0.25) is 4.79 Å². The smallest absolute Gasteiger partial charge is 0.337 e. The molecule has 1 aromatic carbocycles. The lowest BCUT2D eigenvalue weighted by atomic mass is 10.1. The number of rotatable bonds is 2. The van der Waals surface area contributed by atoms with Gasteiger partial charge < -0.3 is 15.1 Å². The summed E-state index contributed by atoms with van der Waals surface area (Å²) in [6.07, 6.45) is 0.299. The second kappa shape index (κ2) is 4.37. The highest BCUT2D eigenvalue weighted by Gasteiger charge is 2.32. The summed E-state index contributed by atoms with van der Waals surface area (Å²) < 4.78 is 0. The summed E-state index contributed by atoms with van der Waals surface area (Å²) in [5.74, 6) is -1.56. The van der Waals surface area contributed by atoms with Gasteiger partial charge in [-0.05, 0) is 12.1 Å². The molecule has 1 aromatic rings. The minimum Gasteiger partial charge on any atom is -0.506 e. The number of carboxylic acids is 1. The maximum atomic E-state index is 11.7. The second-order valence-corrected chi connectivity index (χ2v) is 5.08. The van der Waals surface area contributed by atoms with Crippen molar-refractivity contribution in [3.63, 3.8) is 0 Å². The van der Waals surface area contributed by atoms with Gasteiger partial charge in [0.25, 0.3) is 0 Å². The third-order valence-electron chi connectivity index (χ3n) is 2.59. The number of anilines is 1. The van der Waals surface area contributed by atoms with Gasteiger partial charge in [0.05, 0.1) is 5.56 Å².